The molecule has 30 heavy (non-hydrogen) atoms. The van der Waals surface area contributed by atoms with Crippen molar-refractivity contribution in [2.45, 2.75) is 37.8 Å². The molecule has 0 radical (unpaired) electrons. The normalized spacial score (nSPS) is 18.8. The fourth-order valence-electron chi connectivity index (χ4n) is 3.61. The van der Waals surface area contributed by atoms with Gasteiger partial charge in [0, 0.05) is 7.05 Å². The summed E-state index contributed by atoms with van der Waals surface area (Å²) in [6.07, 6.45) is 2.89. The molecule has 3 rings (SSSR count). The number of benzene rings is 2. The number of nitrogens with zero attached hydrogens (tertiary/aromatic N) is 2. The van der Waals surface area contributed by atoms with Crippen molar-refractivity contribution in [3.05, 3.63) is 65.2 Å². The number of hydrogen-bond donors (Lipinski definition) is 1. The highest BCUT2D eigenvalue weighted by molar-refractivity contribution is 6.08. The molecule has 1 heterocycles. The Hall–Kier alpha value is -3.03. The van der Waals surface area contributed by atoms with E-state index < -0.39 is 12.2 Å². The summed E-state index contributed by atoms with van der Waals surface area (Å²) in [4.78, 5) is 19.0. The Labute approximate surface area is 173 Å². The van der Waals surface area contributed by atoms with Crippen molar-refractivity contribution in [3.63, 3.8) is 0 Å². The summed E-state index contributed by atoms with van der Waals surface area (Å²) in [7, 11) is 1.54. The molecule has 2 aromatic carbocycles. The van der Waals surface area contributed by atoms with Crippen LogP contribution in [0.15, 0.2) is 53.5 Å². The van der Waals surface area contributed by atoms with E-state index in [4.69, 9.17) is 5.73 Å². The number of carbonyl (C=O) groups excluding carboxylic acids is 1. The van der Waals surface area contributed by atoms with Crippen LogP contribution in [-0.2, 0) is 16.8 Å². The first-order valence-electron chi connectivity index (χ1n) is 9.72. The Morgan fingerprint density at radius 2 is 1.83 bits per heavy atom. The molecule has 160 valence electrons. The summed E-state index contributed by atoms with van der Waals surface area (Å²) in [6.45, 7) is -3.27. The Morgan fingerprint density at radius 3 is 2.43 bits per heavy atom. The van der Waals surface area contributed by atoms with Crippen LogP contribution in [0.3, 0.4) is 0 Å². The number of unbranched alkanes of at least 4 members (excludes halogenated alkanes) is 2. The minimum Gasteiger partial charge on any atom is -0.435 e. The number of nitrogens with two attached hydrogens (primary N) is 1. The molecular formula is C22H24F3N3O2. The number of guanidine groups is 1. The fourth-order valence-corrected chi connectivity index (χ4v) is 3.61. The summed E-state index contributed by atoms with van der Waals surface area (Å²) >= 11 is 0. The van der Waals surface area contributed by atoms with Gasteiger partial charge in [-0.1, -0.05) is 42.8 Å². The Morgan fingerprint density at radius 1 is 1.10 bits per heavy atom. The van der Waals surface area contributed by atoms with Crippen LogP contribution in [0.1, 0.15) is 36.0 Å². The number of hydrogen-bond acceptors (Lipinski definition) is 4. The zero-order valence-corrected chi connectivity index (χ0v) is 16.7. The molecule has 2 N–H and O–H groups in total. The molecule has 8 heteroatoms. The predicted octanol–water partition coefficient (Wildman–Crippen LogP) is 4.00. The first-order valence-corrected chi connectivity index (χ1v) is 9.72. The van der Waals surface area contributed by atoms with Crippen molar-refractivity contribution in [3.8, 4) is 5.75 Å². The Bertz CT molecular complexity index is 918. The average molecular weight is 419 g/mol. The van der Waals surface area contributed by atoms with Crippen LogP contribution >= 0.6 is 0 Å². The standard InChI is InChI=1S/C22H24F3N3O2/c1-28-19(29)22(27-21(28)26,16-9-11-18(12-10-16)30-20(24)25)17-8-5-7-15(14-17)6-3-2-4-13-23/h5,7-12,14,20H,2-4,6,13H2,1H3,(H2,26,27). The van der Waals surface area contributed by atoms with E-state index in [0.29, 0.717) is 17.5 Å². The summed E-state index contributed by atoms with van der Waals surface area (Å²) in [5.74, 6) is -0.278. The quantitative estimate of drug-likeness (QED) is 0.625. The Kier molecular flexibility index (Phi) is 6.64. The minimum atomic E-state index is -2.94. The maximum Gasteiger partial charge on any atom is 0.387 e. The van der Waals surface area contributed by atoms with Gasteiger partial charge in [0.1, 0.15) is 5.75 Å². The van der Waals surface area contributed by atoms with E-state index in [1.807, 2.05) is 18.2 Å². The van der Waals surface area contributed by atoms with Gasteiger partial charge in [-0.3, -0.25) is 14.1 Å². The van der Waals surface area contributed by atoms with E-state index in [0.717, 1.165) is 24.8 Å². The lowest BCUT2D eigenvalue weighted by atomic mass is 9.82. The van der Waals surface area contributed by atoms with Crippen LogP contribution in [0.4, 0.5) is 13.2 Å². The van der Waals surface area contributed by atoms with Gasteiger partial charge in [0.05, 0.1) is 6.67 Å². The number of aryl methyl sites for hydroxylation is 1. The molecule has 0 aliphatic carbocycles. The van der Waals surface area contributed by atoms with Crippen molar-refractivity contribution < 1.29 is 22.7 Å². The molecule has 0 saturated carbocycles. The molecule has 0 spiro atoms. The number of halogens is 3. The number of ether oxygens (including phenoxy) is 1. The number of aliphatic imine (C=N–C) groups is 1. The summed E-state index contributed by atoms with van der Waals surface area (Å²) in [5, 5.41) is 0. The second-order valence-electron chi connectivity index (χ2n) is 7.15. The number of carbonyl (C=O) groups is 1. The topological polar surface area (TPSA) is 67.9 Å². The van der Waals surface area contributed by atoms with E-state index in [-0.39, 0.29) is 24.3 Å². The molecule has 5 nitrogen and oxygen atoms in total. The molecule has 0 aromatic heterocycles. The second-order valence-corrected chi connectivity index (χ2v) is 7.15. The first-order chi connectivity index (χ1) is 14.4. The smallest absolute Gasteiger partial charge is 0.387 e. The first kappa shape index (κ1) is 21.7. The molecular weight excluding hydrogens is 395 g/mol. The highest BCUT2D eigenvalue weighted by Gasteiger charge is 2.49. The lowest BCUT2D eigenvalue weighted by molar-refractivity contribution is -0.129. The van der Waals surface area contributed by atoms with E-state index in [9.17, 15) is 18.0 Å². The van der Waals surface area contributed by atoms with Gasteiger partial charge in [0.2, 0.25) is 0 Å². The van der Waals surface area contributed by atoms with Crippen LogP contribution in [0.5, 0.6) is 5.75 Å². The van der Waals surface area contributed by atoms with Crippen LogP contribution < -0.4 is 10.5 Å². The van der Waals surface area contributed by atoms with Crippen molar-refractivity contribution in [2.24, 2.45) is 10.7 Å². The van der Waals surface area contributed by atoms with Crippen LogP contribution in [0, 0.1) is 0 Å². The highest BCUT2D eigenvalue weighted by Crippen LogP contribution is 2.40. The van der Waals surface area contributed by atoms with Gasteiger partial charge in [0.25, 0.3) is 5.91 Å². The van der Waals surface area contributed by atoms with Gasteiger partial charge in [0.15, 0.2) is 11.5 Å². The number of amides is 1. The van der Waals surface area contributed by atoms with E-state index >= 15 is 0 Å². The molecule has 1 atom stereocenters. The summed E-state index contributed by atoms with van der Waals surface area (Å²) in [6, 6.07) is 13.3. The molecule has 2 aromatic rings. The van der Waals surface area contributed by atoms with Crippen LogP contribution in [0.2, 0.25) is 0 Å². The van der Waals surface area contributed by atoms with Crippen molar-refractivity contribution >= 4 is 11.9 Å². The third kappa shape index (κ3) is 4.27. The minimum absolute atomic E-state index is 0.0127. The average Bonchev–Trinajstić information content (AvgIpc) is 2.96. The van der Waals surface area contributed by atoms with Gasteiger partial charge in [-0.25, -0.2) is 4.99 Å². The van der Waals surface area contributed by atoms with Gasteiger partial charge < -0.3 is 10.5 Å². The van der Waals surface area contributed by atoms with Gasteiger partial charge in [-0.2, -0.15) is 8.78 Å². The monoisotopic (exact) mass is 419 g/mol. The lowest BCUT2D eigenvalue weighted by Gasteiger charge is -2.26. The summed E-state index contributed by atoms with van der Waals surface area (Å²) < 4.78 is 41.7. The van der Waals surface area contributed by atoms with Gasteiger partial charge >= 0.3 is 6.61 Å². The number of alkyl halides is 3. The van der Waals surface area contributed by atoms with E-state index in [2.05, 4.69) is 9.73 Å². The molecule has 1 unspecified atom stereocenters. The maximum absolute atomic E-state index is 13.3. The van der Waals surface area contributed by atoms with E-state index in [1.54, 1.807) is 18.2 Å². The van der Waals surface area contributed by atoms with Crippen molar-refractivity contribution in [2.75, 3.05) is 13.7 Å². The van der Waals surface area contributed by atoms with Gasteiger partial charge in [-0.15, -0.1) is 0 Å². The van der Waals surface area contributed by atoms with Crippen LogP contribution in [0.25, 0.3) is 0 Å². The zero-order chi connectivity index (χ0) is 21.7. The maximum atomic E-state index is 13.3. The molecule has 0 saturated heterocycles. The molecule has 1 aliphatic heterocycles. The third-order valence-electron chi connectivity index (χ3n) is 5.18. The van der Waals surface area contributed by atoms with Gasteiger partial charge in [-0.05, 0) is 48.1 Å². The zero-order valence-electron chi connectivity index (χ0n) is 16.7. The third-order valence-corrected chi connectivity index (χ3v) is 5.18. The summed E-state index contributed by atoms with van der Waals surface area (Å²) in [5.41, 5.74) is 6.68. The van der Waals surface area contributed by atoms with Crippen LogP contribution in [-0.4, -0.2) is 37.1 Å². The number of likely N-dealkylation sites (N-methyl/N-ethyl adjacent to an activating group) is 1. The SMILES string of the molecule is CN1C(=O)C(c2ccc(OC(F)F)cc2)(c2cccc(CCCCCF)c2)N=C1N. The molecule has 1 aliphatic rings. The number of rotatable bonds is 9. The fraction of sp³-hybridized carbons (Fsp3) is 0.364. The molecule has 1 amide bonds. The van der Waals surface area contributed by atoms with Crippen molar-refractivity contribution in [1.82, 2.24) is 4.90 Å². The Balaban J connectivity index is 2.00. The highest BCUT2D eigenvalue weighted by atomic mass is 19.3. The predicted molar refractivity (Wildman–Crippen MR) is 108 cm³/mol. The lowest BCUT2D eigenvalue weighted by Crippen LogP contribution is -2.41. The van der Waals surface area contributed by atoms with Crippen molar-refractivity contribution in [1.29, 1.82) is 0 Å². The largest absolute Gasteiger partial charge is 0.435 e. The molecule has 0 bridgehead atoms. The van der Waals surface area contributed by atoms with E-state index in [1.165, 1.54) is 24.1 Å². The second kappa shape index (κ2) is 9.19. The molecule has 0 fully saturated rings.